The van der Waals surface area contributed by atoms with Gasteiger partial charge in [0.2, 0.25) is 0 Å². The Hall–Kier alpha value is -1.21. The molecule has 0 aromatic carbocycles. The average molecular weight is 528 g/mol. The van der Waals surface area contributed by atoms with Crippen molar-refractivity contribution in [2.75, 3.05) is 0 Å². The van der Waals surface area contributed by atoms with Gasteiger partial charge in [0.1, 0.15) is 0 Å². The summed E-state index contributed by atoms with van der Waals surface area (Å²) in [6.45, 7) is 0. The third-order valence-corrected chi connectivity index (χ3v) is 2.90. The van der Waals surface area contributed by atoms with E-state index in [-0.39, 0.29) is 48.9 Å². The molecule has 0 saturated carbocycles. The first-order chi connectivity index (χ1) is 10.8. The van der Waals surface area contributed by atoms with Gasteiger partial charge in [-0.1, -0.05) is 10.2 Å². The van der Waals surface area contributed by atoms with Crippen LogP contribution in [0.5, 0.6) is 0 Å². The van der Waals surface area contributed by atoms with Gasteiger partial charge in [-0.2, -0.15) is 0 Å². The van der Waals surface area contributed by atoms with E-state index in [1.807, 2.05) is 0 Å². The number of sulfonamides is 2. The zero-order valence-electron chi connectivity index (χ0n) is 11.5. The molecule has 0 unspecified atom stereocenters. The molecule has 136 valence electrons. The van der Waals surface area contributed by atoms with Crippen LogP contribution in [0.4, 0.5) is 19.2 Å². The Labute approximate surface area is 178 Å². The van der Waals surface area contributed by atoms with Crippen molar-refractivity contribution in [3.63, 3.8) is 0 Å². The molecule has 0 atom stereocenters. The number of hydrogen-bond acceptors (Lipinski definition) is 12. The monoisotopic (exact) mass is 528 g/mol. The van der Waals surface area contributed by atoms with E-state index in [0.29, 0.717) is 0 Å². The van der Waals surface area contributed by atoms with Gasteiger partial charge >= 0.3 is 79.4 Å². The molecule has 0 spiro atoms. The summed E-state index contributed by atoms with van der Waals surface area (Å²) in [7, 11) is -8.91. The number of nitrogens with zero attached hydrogens (tertiary/aromatic N) is 4. The number of amides is 4. The molecule has 0 fully saturated rings. The molecule has 0 aliphatic rings. The second-order valence-electron chi connectivity index (χ2n) is 2.71. The number of hydrazine groups is 2. The maximum atomic E-state index is 10.4. The maximum Gasteiger partial charge on any atom is 2.00 e. The van der Waals surface area contributed by atoms with E-state index in [9.17, 15) is 46.2 Å². The Kier molecular flexibility index (Phi) is 14.9. The van der Waals surface area contributed by atoms with E-state index in [4.69, 9.17) is 0 Å². The first kappa shape index (κ1) is 28.6. The maximum absolute atomic E-state index is 10.4. The molecular formula is C4H6BaN8O10S2. The molecule has 0 aliphatic heterocycles. The molecule has 0 radical (unpaired) electrons. The number of carbonyl (C=O) groups excluding carboxylic acids is 4. The molecule has 0 rings (SSSR count). The fourth-order valence-electron chi connectivity index (χ4n) is 0.372. The zero-order valence-corrected chi connectivity index (χ0v) is 17.6. The molecule has 0 aliphatic carbocycles. The number of nitrogens with one attached hydrogen (secondary N) is 2. The second-order valence-corrected chi connectivity index (χ2v) is 5.89. The van der Waals surface area contributed by atoms with Gasteiger partial charge in [0.05, 0.1) is 0 Å². The quantitative estimate of drug-likeness (QED) is 0.113. The number of azo groups is 2. The van der Waals surface area contributed by atoms with Crippen LogP contribution in [0.25, 0.3) is 0 Å². The Balaban J connectivity index is -0.000000372. The molecule has 0 aromatic rings. The van der Waals surface area contributed by atoms with Gasteiger partial charge < -0.3 is 19.8 Å². The van der Waals surface area contributed by atoms with Gasteiger partial charge in [0.25, 0.3) is 0 Å². The summed E-state index contributed by atoms with van der Waals surface area (Å²) >= 11 is 0. The Morgan fingerprint density at radius 1 is 0.680 bits per heavy atom. The SMILES string of the molecule is NNS(=O)(=O)C(=O)N=NC(=O)[O-].NNS(=O)(=O)C(=O)N=NC(=O)[O-].[Ba+2]. The summed E-state index contributed by atoms with van der Waals surface area (Å²) in [6, 6.07) is 0. The average Bonchev–Trinajstić information content (AvgIpc) is 2.50. The molecule has 18 nitrogen and oxygen atoms in total. The van der Waals surface area contributed by atoms with Crippen LogP contribution in [-0.2, 0) is 20.0 Å². The number of hydrogen-bond donors (Lipinski definition) is 4. The van der Waals surface area contributed by atoms with Gasteiger partial charge in [-0.3, -0.25) is 21.3 Å². The Bertz CT molecular complexity index is 705. The minimum Gasteiger partial charge on any atom is -0.527 e. The first-order valence-electron chi connectivity index (χ1n) is 4.58. The summed E-state index contributed by atoms with van der Waals surface area (Å²) < 4.78 is 41.4. The molecule has 0 bridgehead atoms. The van der Waals surface area contributed by atoms with Gasteiger partial charge in [0.15, 0.2) is 12.2 Å². The van der Waals surface area contributed by atoms with Crippen LogP contribution in [-0.4, -0.2) is 88.4 Å². The van der Waals surface area contributed by atoms with Crippen LogP contribution in [0.1, 0.15) is 0 Å². The van der Waals surface area contributed by atoms with Crippen molar-refractivity contribution in [1.29, 1.82) is 0 Å². The minimum absolute atomic E-state index is 0. The molecular weight excluding hydrogens is 522 g/mol. The summed E-state index contributed by atoms with van der Waals surface area (Å²) in [5.41, 5.74) is 0. The zero-order chi connectivity index (χ0) is 19.6. The normalized spacial score (nSPS) is 11.3. The standard InChI is InChI=1S/2C2H4N4O5S.Ba/c2*3-6-12(10,11)2(9)5-4-1(7)8;/h2*6H,3H2,(H,7,8);/q;;+2/p-2. The van der Waals surface area contributed by atoms with E-state index in [1.165, 1.54) is 0 Å². The predicted molar refractivity (Wildman–Crippen MR) is 69.5 cm³/mol. The van der Waals surface area contributed by atoms with Crippen LogP contribution in [0.3, 0.4) is 0 Å². The summed E-state index contributed by atoms with van der Waals surface area (Å²) in [4.78, 5) is 42.0. The van der Waals surface area contributed by atoms with Crippen LogP contribution >= 0.6 is 0 Å². The van der Waals surface area contributed by atoms with E-state index in [1.54, 1.807) is 0 Å². The minimum atomic E-state index is -4.46. The van der Waals surface area contributed by atoms with E-state index >= 15 is 0 Å². The van der Waals surface area contributed by atoms with Crippen molar-refractivity contribution in [2.24, 2.45) is 32.1 Å². The number of carboxylic acid groups (broad SMARTS) is 2. The molecule has 6 N–H and O–H groups in total. The van der Waals surface area contributed by atoms with E-state index < -0.39 is 42.7 Å². The van der Waals surface area contributed by atoms with Gasteiger partial charge in [-0.05, 0) is 0 Å². The second kappa shape index (κ2) is 13.1. The summed E-state index contributed by atoms with van der Waals surface area (Å²) in [5.74, 6) is 8.78. The van der Waals surface area contributed by atoms with Crippen LogP contribution in [0.15, 0.2) is 20.5 Å². The van der Waals surface area contributed by atoms with Crippen molar-refractivity contribution in [3.05, 3.63) is 0 Å². The van der Waals surface area contributed by atoms with Crippen molar-refractivity contribution < 1.29 is 46.2 Å². The Morgan fingerprint density at radius 2 is 0.920 bits per heavy atom. The van der Waals surface area contributed by atoms with Crippen LogP contribution in [0, 0.1) is 0 Å². The largest absolute Gasteiger partial charge is 2.00 e. The smallest absolute Gasteiger partial charge is 0.527 e. The van der Waals surface area contributed by atoms with E-state index in [2.05, 4.69) is 32.1 Å². The first-order valence-corrected chi connectivity index (χ1v) is 7.55. The summed E-state index contributed by atoms with van der Waals surface area (Å²) in [5, 5.41) is 24.3. The Morgan fingerprint density at radius 3 is 1.08 bits per heavy atom. The molecule has 25 heavy (non-hydrogen) atoms. The van der Waals surface area contributed by atoms with Crippen molar-refractivity contribution in [1.82, 2.24) is 9.66 Å². The van der Waals surface area contributed by atoms with Crippen molar-refractivity contribution in [2.45, 2.75) is 0 Å². The van der Waals surface area contributed by atoms with Crippen molar-refractivity contribution >= 4 is 91.6 Å². The van der Waals surface area contributed by atoms with Crippen molar-refractivity contribution in [3.8, 4) is 0 Å². The van der Waals surface area contributed by atoms with Crippen LogP contribution < -0.4 is 31.6 Å². The van der Waals surface area contributed by atoms with Gasteiger partial charge in [-0.25, -0.2) is 16.8 Å². The fraction of sp³-hybridized carbons (Fsp3) is 0. The molecule has 0 saturated heterocycles. The number of nitrogens with two attached hydrogens (primary N) is 2. The molecule has 0 aromatic heterocycles. The fourth-order valence-corrected chi connectivity index (χ4v) is 0.870. The molecule has 4 amide bonds. The third kappa shape index (κ3) is 13.7. The molecule has 0 heterocycles. The number of rotatable bonds is 2. The topological polar surface area (TPSA) is 308 Å². The third-order valence-electron chi connectivity index (χ3n) is 1.20. The van der Waals surface area contributed by atoms with Crippen LogP contribution in [0.2, 0.25) is 0 Å². The predicted octanol–water partition coefficient (Wildman–Crippen LogP) is -4.99. The van der Waals surface area contributed by atoms with E-state index in [0.717, 1.165) is 9.66 Å². The molecule has 21 heteroatoms. The number of carbonyl (C=O) groups is 4. The van der Waals surface area contributed by atoms with Gasteiger partial charge in [-0.15, -0.1) is 19.9 Å². The van der Waals surface area contributed by atoms with Gasteiger partial charge in [0, 0.05) is 0 Å². The summed E-state index contributed by atoms with van der Waals surface area (Å²) in [6.07, 6.45) is -4.06.